The smallest absolute Gasteiger partial charge is 0.223 e. The van der Waals surface area contributed by atoms with E-state index in [1.807, 2.05) is 0 Å². The molecule has 128 valence electrons. The summed E-state index contributed by atoms with van der Waals surface area (Å²) in [7, 11) is 0. The Bertz CT molecular complexity index is 362. The molecule has 0 spiro atoms. The first kappa shape index (κ1) is 18.1. The van der Waals surface area contributed by atoms with Gasteiger partial charge in [-0.3, -0.25) is 4.79 Å². The number of hydrogen-bond donors (Lipinski definition) is 2. The topological polar surface area (TPSA) is 55.1 Å². The molecule has 3 saturated carbocycles. The lowest BCUT2D eigenvalue weighted by Gasteiger charge is -2.44. The van der Waals surface area contributed by atoms with Gasteiger partial charge in [0.2, 0.25) is 5.91 Å². The van der Waals surface area contributed by atoms with Crippen molar-refractivity contribution in [1.82, 2.24) is 5.32 Å². The average molecular weight is 329 g/mol. The molecule has 22 heavy (non-hydrogen) atoms. The molecule has 3 fully saturated rings. The molecule has 4 atom stereocenters. The van der Waals surface area contributed by atoms with Crippen molar-refractivity contribution in [1.29, 1.82) is 0 Å². The van der Waals surface area contributed by atoms with Gasteiger partial charge in [0.25, 0.3) is 0 Å². The first-order valence-corrected chi connectivity index (χ1v) is 9.25. The van der Waals surface area contributed by atoms with E-state index in [0.717, 1.165) is 12.8 Å². The van der Waals surface area contributed by atoms with Crippen LogP contribution in [-0.2, 0) is 4.79 Å². The van der Waals surface area contributed by atoms with Crippen molar-refractivity contribution in [3.05, 3.63) is 0 Å². The van der Waals surface area contributed by atoms with E-state index >= 15 is 0 Å². The third kappa shape index (κ3) is 3.79. The van der Waals surface area contributed by atoms with E-state index in [1.54, 1.807) is 0 Å². The molecule has 3 rings (SSSR count). The van der Waals surface area contributed by atoms with Crippen molar-refractivity contribution in [3.63, 3.8) is 0 Å². The van der Waals surface area contributed by atoms with E-state index in [-0.39, 0.29) is 18.3 Å². The Labute approximate surface area is 141 Å². The molecule has 1 amide bonds. The minimum atomic E-state index is 0. The van der Waals surface area contributed by atoms with E-state index < -0.39 is 0 Å². The van der Waals surface area contributed by atoms with Crippen molar-refractivity contribution in [2.75, 3.05) is 0 Å². The SMILES string of the molecule is CCC1CCCCC1NC(=O)C1CC2CCCC(C1)C2N.Cl. The number of rotatable bonds is 3. The zero-order valence-electron chi connectivity index (χ0n) is 13.9. The van der Waals surface area contributed by atoms with Crippen LogP contribution in [0.2, 0.25) is 0 Å². The van der Waals surface area contributed by atoms with Gasteiger partial charge in [-0.2, -0.15) is 0 Å². The molecule has 3 N–H and O–H groups in total. The van der Waals surface area contributed by atoms with Crippen LogP contribution < -0.4 is 11.1 Å². The van der Waals surface area contributed by atoms with Crippen LogP contribution in [-0.4, -0.2) is 18.0 Å². The summed E-state index contributed by atoms with van der Waals surface area (Å²) in [6, 6.07) is 0.799. The molecule has 4 heteroatoms. The van der Waals surface area contributed by atoms with Crippen molar-refractivity contribution in [2.24, 2.45) is 29.4 Å². The Morgan fingerprint density at radius 1 is 1.05 bits per heavy atom. The maximum atomic E-state index is 12.7. The Morgan fingerprint density at radius 2 is 1.68 bits per heavy atom. The van der Waals surface area contributed by atoms with E-state index in [2.05, 4.69) is 12.2 Å². The fourth-order valence-electron chi connectivity index (χ4n) is 5.19. The summed E-state index contributed by atoms with van der Waals surface area (Å²) in [5, 5.41) is 3.41. The summed E-state index contributed by atoms with van der Waals surface area (Å²) in [5.74, 6) is 2.47. The Kier molecular flexibility index (Phi) is 6.58. The highest BCUT2D eigenvalue weighted by Crippen LogP contribution is 2.42. The number of fused-ring (bicyclic) bond motifs is 2. The standard InChI is InChI=1S/C18H32N2O.ClH/c1-2-12-6-3-4-9-16(12)20-18(21)15-10-13-7-5-8-14(11-15)17(13)19;/h12-17H,2-11,19H2,1H3,(H,20,21);1H. The molecule has 0 aromatic carbocycles. The summed E-state index contributed by atoms with van der Waals surface area (Å²) in [4.78, 5) is 12.7. The Morgan fingerprint density at radius 3 is 2.32 bits per heavy atom. The monoisotopic (exact) mass is 328 g/mol. The van der Waals surface area contributed by atoms with Gasteiger partial charge in [-0.25, -0.2) is 0 Å². The summed E-state index contributed by atoms with van der Waals surface area (Å²) in [5.41, 5.74) is 6.34. The van der Waals surface area contributed by atoms with Crippen LogP contribution in [0.4, 0.5) is 0 Å². The van der Waals surface area contributed by atoms with Gasteiger partial charge < -0.3 is 11.1 Å². The van der Waals surface area contributed by atoms with Gasteiger partial charge in [-0.05, 0) is 56.3 Å². The molecule has 0 saturated heterocycles. The second-order valence-electron chi connectivity index (χ2n) is 7.76. The van der Waals surface area contributed by atoms with Gasteiger partial charge in [0.05, 0.1) is 0 Å². The third-order valence-corrected chi connectivity index (χ3v) is 6.54. The molecular formula is C18H33ClN2O. The number of nitrogens with one attached hydrogen (secondary N) is 1. The van der Waals surface area contributed by atoms with Gasteiger partial charge in [-0.15, -0.1) is 12.4 Å². The zero-order chi connectivity index (χ0) is 14.8. The lowest BCUT2D eigenvalue weighted by molar-refractivity contribution is -0.129. The quantitative estimate of drug-likeness (QED) is 0.831. The first-order chi connectivity index (χ1) is 10.2. The maximum Gasteiger partial charge on any atom is 0.223 e. The molecule has 3 nitrogen and oxygen atoms in total. The second kappa shape index (κ2) is 8.01. The Hall–Kier alpha value is -0.280. The molecule has 4 unspecified atom stereocenters. The second-order valence-corrected chi connectivity index (χ2v) is 7.76. The van der Waals surface area contributed by atoms with Crippen LogP contribution in [0.3, 0.4) is 0 Å². The predicted octanol–water partition coefficient (Wildman–Crippen LogP) is 3.65. The van der Waals surface area contributed by atoms with E-state index in [0.29, 0.717) is 35.7 Å². The number of carbonyl (C=O) groups is 1. The first-order valence-electron chi connectivity index (χ1n) is 9.25. The molecule has 3 aliphatic rings. The number of nitrogens with two attached hydrogens (primary N) is 1. The predicted molar refractivity (Wildman–Crippen MR) is 93.0 cm³/mol. The van der Waals surface area contributed by atoms with Crippen LogP contribution in [0.5, 0.6) is 0 Å². The lowest BCUT2D eigenvalue weighted by Crippen LogP contribution is -2.51. The van der Waals surface area contributed by atoms with Gasteiger partial charge in [0, 0.05) is 18.0 Å². The molecule has 0 aromatic heterocycles. The number of carbonyl (C=O) groups excluding carboxylic acids is 1. The molecule has 2 bridgehead atoms. The third-order valence-electron chi connectivity index (χ3n) is 6.54. The van der Waals surface area contributed by atoms with E-state index in [4.69, 9.17) is 5.73 Å². The van der Waals surface area contributed by atoms with Crippen molar-refractivity contribution < 1.29 is 4.79 Å². The summed E-state index contributed by atoms with van der Waals surface area (Å²) >= 11 is 0. The lowest BCUT2D eigenvalue weighted by atomic mass is 9.65. The minimum Gasteiger partial charge on any atom is -0.353 e. The van der Waals surface area contributed by atoms with Gasteiger partial charge in [0.15, 0.2) is 0 Å². The highest BCUT2D eigenvalue weighted by molar-refractivity contribution is 5.85. The summed E-state index contributed by atoms with van der Waals surface area (Å²) in [6.45, 7) is 2.26. The van der Waals surface area contributed by atoms with Crippen LogP contribution in [0.15, 0.2) is 0 Å². The maximum absolute atomic E-state index is 12.7. The highest BCUT2D eigenvalue weighted by Gasteiger charge is 2.41. The van der Waals surface area contributed by atoms with Crippen molar-refractivity contribution in [3.8, 4) is 0 Å². The van der Waals surface area contributed by atoms with Crippen molar-refractivity contribution >= 4 is 18.3 Å². The highest BCUT2D eigenvalue weighted by atomic mass is 35.5. The van der Waals surface area contributed by atoms with E-state index in [9.17, 15) is 4.79 Å². The van der Waals surface area contributed by atoms with Crippen LogP contribution in [0.25, 0.3) is 0 Å². The largest absolute Gasteiger partial charge is 0.353 e. The fraction of sp³-hybridized carbons (Fsp3) is 0.944. The molecular weight excluding hydrogens is 296 g/mol. The van der Waals surface area contributed by atoms with E-state index in [1.165, 1.54) is 51.4 Å². The molecule has 0 radical (unpaired) electrons. The molecule has 0 aliphatic heterocycles. The molecule has 3 aliphatic carbocycles. The van der Waals surface area contributed by atoms with Gasteiger partial charge in [0.1, 0.15) is 0 Å². The van der Waals surface area contributed by atoms with Crippen LogP contribution >= 0.6 is 12.4 Å². The summed E-state index contributed by atoms with van der Waals surface area (Å²) < 4.78 is 0. The number of halogens is 1. The zero-order valence-corrected chi connectivity index (χ0v) is 14.7. The number of hydrogen-bond acceptors (Lipinski definition) is 2. The van der Waals surface area contributed by atoms with Gasteiger partial charge >= 0.3 is 0 Å². The van der Waals surface area contributed by atoms with Crippen LogP contribution in [0, 0.1) is 23.7 Å². The Balaban J connectivity index is 0.00000176. The number of amides is 1. The normalized spacial score (nSPS) is 41.4. The fourth-order valence-corrected chi connectivity index (χ4v) is 5.19. The van der Waals surface area contributed by atoms with Gasteiger partial charge in [-0.1, -0.05) is 32.6 Å². The van der Waals surface area contributed by atoms with Crippen LogP contribution in [0.1, 0.15) is 71.1 Å². The average Bonchev–Trinajstić information content (AvgIpc) is 2.47. The molecule has 0 heterocycles. The summed E-state index contributed by atoms with van der Waals surface area (Å²) in [6.07, 6.45) is 12.2. The minimum absolute atomic E-state index is 0. The molecule has 0 aromatic rings. The van der Waals surface area contributed by atoms with Crippen molar-refractivity contribution in [2.45, 2.75) is 83.2 Å².